The van der Waals surface area contributed by atoms with Gasteiger partial charge in [0.25, 0.3) is 0 Å². The molecule has 0 fully saturated rings. The largest absolute Gasteiger partial charge is 0.507 e. The second-order valence-electron chi connectivity index (χ2n) is 4.79. The van der Waals surface area contributed by atoms with Gasteiger partial charge in [-0.2, -0.15) is 0 Å². The van der Waals surface area contributed by atoms with Crippen molar-refractivity contribution in [2.45, 2.75) is 33.2 Å². The predicted octanol–water partition coefficient (Wildman–Crippen LogP) is 2.87. The number of phenols is 1. The molecule has 0 amide bonds. The van der Waals surface area contributed by atoms with E-state index in [9.17, 15) is 9.90 Å². The van der Waals surface area contributed by atoms with E-state index in [1.165, 1.54) is 6.07 Å². The number of hydrogen-bond acceptors (Lipinski definition) is 3. The highest BCUT2D eigenvalue weighted by Crippen LogP contribution is 2.31. The normalized spacial score (nSPS) is 12.1. The van der Waals surface area contributed by atoms with E-state index in [0.29, 0.717) is 17.9 Å². The second-order valence-corrected chi connectivity index (χ2v) is 4.79. The van der Waals surface area contributed by atoms with Crippen molar-refractivity contribution in [3.63, 3.8) is 0 Å². The lowest BCUT2D eigenvalue weighted by molar-refractivity contribution is 0.0693. The maximum atomic E-state index is 11.0. The summed E-state index contributed by atoms with van der Waals surface area (Å²) in [5.41, 5.74) is 7.19. The first-order chi connectivity index (χ1) is 7.82. The Morgan fingerprint density at radius 3 is 2.39 bits per heavy atom. The molecule has 4 N–H and O–H groups in total. The number of aryl methyl sites for hydroxylation is 1. The fourth-order valence-electron chi connectivity index (χ4n) is 1.89. The molecule has 0 spiro atoms. The van der Waals surface area contributed by atoms with E-state index >= 15 is 0 Å². The average Bonchev–Trinajstić information content (AvgIpc) is 2.19. The van der Waals surface area contributed by atoms with Gasteiger partial charge < -0.3 is 15.9 Å². The number of halogens is 1. The van der Waals surface area contributed by atoms with Crippen LogP contribution in [0, 0.1) is 12.8 Å². The fraction of sp³-hybridized carbons (Fsp3) is 0.462. The van der Waals surface area contributed by atoms with Crippen molar-refractivity contribution < 1.29 is 15.0 Å². The summed E-state index contributed by atoms with van der Waals surface area (Å²) in [4.78, 5) is 11.0. The van der Waals surface area contributed by atoms with Gasteiger partial charge in [0.1, 0.15) is 11.3 Å². The van der Waals surface area contributed by atoms with Crippen molar-refractivity contribution in [1.29, 1.82) is 0 Å². The van der Waals surface area contributed by atoms with Crippen LogP contribution in [-0.2, 0) is 0 Å². The van der Waals surface area contributed by atoms with Crippen LogP contribution in [0.5, 0.6) is 5.75 Å². The quantitative estimate of drug-likeness (QED) is 0.788. The molecule has 1 aromatic rings. The monoisotopic (exact) mass is 273 g/mol. The summed E-state index contributed by atoms with van der Waals surface area (Å²) in [6, 6.07) is 2.85. The molecular formula is C13H20ClNO3. The van der Waals surface area contributed by atoms with E-state index in [4.69, 9.17) is 10.8 Å². The van der Waals surface area contributed by atoms with E-state index in [1.54, 1.807) is 13.0 Å². The molecule has 0 aliphatic heterocycles. The van der Waals surface area contributed by atoms with E-state index in [-0.39, 0.29) is 29.8 Å². The van der Waals surface area contributed by atoms with Gasteiger partial charge in [-0.05, 0) is 30.9 Å². The van der Waals surface area contributed by atoms with E-state index < -0.39 is 5.97 Å². The fourth-order valence-corrected chi connectivity index (χ4v) is 1.89. The second kappa shape index (κ2) is 6.61. The summed E-state index contributed by atoms with van der Waals surface area (Å²) in [5.74, 6) is -0.960. The summed E-state index contributed by atoms with van der Waals surface area (Å²) in [5, 5.41) is 18.9. The van der Waals surface area contributed by atoms with Crippen LogP contribution in [0.25, 0.3) is 0 Å². The molecule has 1 rings (SSSR count). The Labute approximate surface area is 113 Å². The van der Waals surface area contributed by atoms with Crippen LogP contribution in [0.4, 0.5) is 0 Å². The van der Waals surface area contributed by atoms with Crippen molar-refractivity contribution in [2.75, 3.05) is 0 Å². The zero-order chi connectivity index (χ0) is 13.2. The van der Waals surface area contributed by atoms with Crippen LogP contribution in [0.2, 0.25) is 0 Å². The van der Waals surface area contributed by atoms with Gasteiger partial charge in [0, 0.05) is 11.6 Å². The molecular weight excluding hydrogens is 254 g/mol. The summed E-state index contributed by atoms with van der Waals surface area (Å²) >= 11 is 0. The zero-order valence-electron chi connectivity index (χ0n) is 10.8. The minimum absolute atomic E-state index is 0. The number of carboxylic acid groups (broad SMARTS) is 1. The van der Waals surface area contributed by atoms with Gasteiger partial charge in [0.15, 0.2) is 0 Å². The lowest BCUT2D eigenvalue weighted by atomic mass is 9.94. The third kappa shape index (κ3) is 3.89. The minimum Gasteiger partial charge on any atom is -0.507 e. The molecule has 0 radical (unpaired) electrons. The van der Waals surface area contributed by atoms with Gasteiger partial charge in [-0.15, -0.1) is 12.4 Å². The third-order valence-corrected chi connectivity index (χ3v) is 2.64. The first kappa shape index (κ1) is 16.7. The van der Waals surface area contributed by atoms with Crippen molar-refractivity contribution in [3.8, 4) is 5.75 Å². The molecule has 5 heteroatoms. The summed E-state index contributed by atoms with van der Waals surface area (Å²) in [6.45, 7) is 5.85. The maximum absolute atomic E-state index is 11.0. The van der Waals surface area contributed by atoms with Gasteiger partial charge in [-0.3, -0.25) is 0 Å². The molecule has 0 aliphatic rings. The topological polar surface area (TPSA) is 83.5 Å². The predicted molar refractivity (Wildman–Crippen MR) is 73.4 cm³/mol. The number of aromatic carboxylic acids is 1. The zero-order valence-corrected chi connectivity index (χ0v) is 11.6. The van der Waals surface area contributed by atoms with Gasteiger partial charge in [0.05, 0.1) is 0 Å². The summed E-state index contributed by atoms with van der Waals surface area (Å²) in [6.07, 6.45) is 0.704. The van der Waals surface area contributed by atoms with E-state index in [0.717, 1.165) is 5.56 Å². The molecule has 1 aromatic carbocycles. The number of aromatic hydroxyl groups is 1. The summed E-state index contributed by atoms with van der Waals surface area (Å²) in [7, 11) is 0. The average molecular weight is 274 g/mol. The van der Waals surface area contributed by atoms with Crippen LogP contribution in [0.3, 0.4) is 0 Å². The van der Waals surface area contributed by atoms with Gasteiger partial charge in [0.2, 0.25) is 0 Å². The van der Waals surface area contributed by atoms with Crippen LogP contribution in [0.1, 0.15) is 47.8 Å². The number of carbonyl (C=O) groups is 1. The molecule has 1 atom stereocenters. The van der Waals surface area contributed by atoms with Crippen molar-refractivity contribution in [1.82, 2.24) is 0 Å². The smallest absolute Gasteiger partial charge is 0.339 e. The van der Waals surface area contributed by atoms with Gasteiger partial charge in [-0.1, -0.05) is 19.9 Å². The molecule has 0 heterocycles. The van der Waals surface area contributed by atoms with Crippen molar-refractivity contribution >= 4 is 18.4 Å². The number of rotatable bonds is 4. The van der Waals surface area contributed by atoms with Crippen molar-refractivity contribution in [2.24, 2.45) is 11.7 Å². The maximum Gasteiger partial charge on any atom is 0.339 e. The standard InChI is InChI=1S/C13H19NO3.ClH/c1-7(2)4-11(14)9-5-8(3)6-10(12(9)15)13(16)17;/h5-7,11,15H,4,14H2,1-3H3,(H,16,17);1H/t11-;/m1./s1. The molecule has 102 valence electrons. The summed E-state index contributed by atoms with van der Waals surface area (Å²) < 4.78 is 0. The Morgan fingerprint density at radius 2 is 1.94 bits per heavy atom. The SMILES string of the molecule is Cc1cc(C(=O)O)c(O)c([C@H](N)CC(C)C)c1.Cl. The van der Waals surface area contributed by atoms with E-state index in [1.807, 2.05) is 13.8 Å². The number of nitrogens with two attached hydrogens (primary N) is 1. The Morgan fingerprint density at radius 1 is 1.39 bits per heavy atom. The van der Waals surface area contributed by atoms with Gasteiger partial charge >= 0.3 is 5.97 Å². The van der Waals surface area contributed by atoms with Crippen LogP contribution < -0.4 is 5.73 Å². The minimum atomic E-state index is -1.14. The number of carboxylic acids is 1. The highest BCUT2D eigenvalue weighted by Gasteiger charge is 2.19. The Kier molecular flexibility index (Phi) is 6.15. The molecule has 0 aliphatic carbocycles. The molecule has 18 heavy (non-hydrogen) atoms. The molecule has 4 nitrogen and oxygen atoms in total. The molecule has 0 aromatic heterocycles. The first-order valence-corrected chi connectivity index (χ1v) is 5.65. The number of hydrogen-bond donors (Lipinski definition) is 3. The lowest BCUT2D eigenvalue weighted by Gasteiger charge is -2.17. The Hall–Kier alpha value is -1.26. The Balaban J connectivity index is 0.00000289. The van der Waals surface area contributed by atoms with E-state index in [2.05, 4.69) is 0 Å². The van der Waals surface area contributed by atoms with Crippen LogP contribution >= 0.6 is 12.4 Å². The molecule has 0 unspecified atom stereocenters. The molecule has 0 saturated heterocycles. The number of benzene rings is 1. The van der Waals surface area contributed by atoms with Crippen LogP contribution in [-0.4, -0.2) is 16.2 Å². The highest BCUT2D eigenvalue weighted by molar-refractivity contribution is 5.91. The van der Waals surface area contributed by atoms with Crippen molar-refractivity contribution in [3.05, 3.63) is 28.8 Å². The van der Waals surface area contributed by atoms with Gasteiger partial charge in [-0.25, -0.2) is 4.79 Å². The lowest BCUT2D eigenvalue weighted by Crippen LogP contribution is -2.14. The third-order valence-electron chi connectivity index (χ3n) is 2.64. The first-order valence-electron chi connectivity index (χ1n) is 5.65. The molecule has 0 saturated carbocycles. The molecule has 0 bridgehead atoms. The Bertz CT molecular complexity index is 432. The highest BCUT2D eigenvalue weighted by atomic mass is 35.5. The van der Waals surface area contributed by atoms with Crippen LogP contribution in [0.15, 0.2) is 12.1 Å².